The second-order valence-electron chi connectivity index (χ2n) is 9.85. The molecule has 1 atom stereocenters. The van der Waals surface area contributed by atoms with Crippen LogP contribution < -0.4 is 10.2 Å². The average Bonchev–Trinajstić information content (AvgIpc) is 3.53. The standard InChI is InChI=1S/C29H33N5O5/c1-6-29(4,5)30-27(36)26(24-16-15-19(3)39-24)34(21-12-10-11-20(17-21)28(37)38-7-2)25(35)18-33-23-14-9-8-13-22(23)31-32-33/h8-17,26H,6-7,18H2,1-5H3,(H,30,36). The Morgan fingerprint density at radius 1 is 1.08 bits per heavy atom. The highest BCUT2D eigenvalue weighted by molar-refractivity contribution is 6.02. The van der Waals surface area contributed by atoms with Gasteiger partial charge in [0, 0.05) is 11.2 Å². The highest BCUT2D eigenvalue weighted by Crippen LogP contribution is 2.31. The maximum atomic E-state index is 14.1. The minimum Gasteiger partial charge on any atom is -0.464 e. The second kappa shape index (κ2) is 11.5. The van der Waals surface area contributed by atoms with E-state index in [1.165, 1.54) is 15.6 Å². The van der Waals surface area contributed by atoms with Gasteiger partial charge in [-0.25, -0.2) is 9.48 Å². The van der Waals surface area contributed by atoms with E-state index in [1.54, 1.807) is 50.2 Å². The molecular formula is C29H33N5O5. The molecule has 10 nitrogen and oxygen atoms in total. The lowest BCUT2D eigenvalue weighted by atomic mass is 10.0. The van der Waals surface area contributed by atoms with Crippen molar-refractivity contribution in [3.63, 3.8) is 0 Å². The van der Waals surface area contributed by atoms with E-state index in [4.69, 9.17) is 9.15 Å². The zero-order valence-corrected chi connectivity index (χ0v) is 22.8. The molecule has 0 radical (unpaired) electrons. The average molecular weight is 532 g/mol. The number of anilines is 1. The van der Waals surface area contributed by atoms with Gasteiger partial charge in [0.25, 0.3) is 5.91 Å². The number of esters is 1. The molecule has 39 heavy (non-hydrogen) atoms. The van der Waals surface area contributed by atoms with Gasteiger partial charge in [0.2, 0.25) is 5.91 Å². The van der Waals surface area contributed by atoms with Gasteiger partial charge in [-0.1, -0.05) is 30.3 Å². The molecule has 204 valence electrons. The second-order valence-corrected chi connectivity index (χ2v) is 9.85. The summed E-state index contributed by atoms with van der Waals surface area (Å²) in [6.07, 6.45) is 0.667. The van der Waals surface area contributed by atoms with Crippen LogP contribution in [0.2, 0.25) is 0 Å². The van der Waals surface area contributed by atoms with Crippen LogP contribution in [-0.2, 0) is 20.9 Å². The fourth-order valence-electron chi connectivity index (χ4n) is 4.14. The molecule has 0 fully saturated rings. The van der Waals surface area contributed by atoms with E-state index in [1.807, 2.05) is 39.0 Å². The Labute approximate surface area is 226 Å². The molecule has 0 saturated carbocycles. The summed E-state index contributed by atoms with van der Waals surface area (Å²) >= 11 is 0. The van der Waals surface area contributed by atoms with Crippen LogP contribution in [0.25, 0.3) is 11.0 Å². The number of nitrogens with zero attached hydrogens (tertiary/aromatic N) is 4. The Balaban J connectivity index is 1.84. The fourth-order valence-corrected chi connectivity index (χ4v) is 4.14. The molecule has 2 aromatic carbocycles. The van der Waals surface area contributed by atoms with Crippen LogP contribution in [0.15, 0.2) is 65.1 Å². The maximum absolute atomic E-state index is 14.1. The van der Waals surface area contributed by atoms with Gasteiger partial charge in [-0.2, -0.15) is 0 Å². The number of furan rings is 1. The number of amides is 2. The summed E-state index contributed by atoms with van der Waals surface area (Å²) in [5, 5.41) is 11.3. The van der Waals surface area contributed by atoms with Crippen molar-refractivity contribution < 1.29 is 23.5 Å². The zero-order valence-electron chi connectivity index (χ0n) is 22.8. The molecule has 0 aliphatic heterocycles. The van der Waals surface area contributed by atoms with Gasteiger partial charge in [-0.3, -0.25) is 14.5 Å². The minimum atomic E-state index is -1.16. The molecular weight excluding hydrogens is 498 g/mol. The summed E-state index contributed by atoms with van der Waals surface area (Å²) in [6.45, 7) is 9.26. The summed E-state index contributed by atoms with van der Waals surface area (Å²) < 4.78 is 12.6. The Bertz CT molecular complexity index is 1490. The zero-order chi connectivity index (χ0) is 28.2. The molecule has 10 heteroatoms. The van der Waals surface area contributed by atoms with Crippen LogP contribution in [0.1, 0.15) is 62.0 Å². The van der Waals surface area contributed by atoms with Crippen molar-refractivity contribution in [1.82, 2.24) is 20.3 Å². The number of carbonyl (C=O) groups excluding carboxylic acids is 3. The summed E-state index contributed by atoms with van der Waals surface area (Å²) in [6, 6.07) is 16.0. The number of rotatable bonds is 10. The number of aryl methyl sites for hydroxylation is 1. The number of ether oxygens (including phenoxy) is 1. The van der Waals surface area contributed by atoms with E-state index in [2.05, 4.69) is 15.6 Å². The molecule has 2 amide bonds. The molecule has 1 unspecified atom stereocenters. The van der Waals surface area contributed by atoms with Crippen molar-refractivity contribution in [2.24, 2.45) is 0 Å². The Kier molecular flexibility index (Phi) is 8.13. The van der Waals surface area contributed by atoms with Crippen LogP contribution in [-0.4, -0.2) is 44.9 Å². The van der Waals surface area contributed by atoms with Gasteiger partial charge >= 0.3 is 5.97 Å². The molecule has 1 N–H and O–H groups in total. The first kappa shape index (κ1) is 27.6. The van der Waals surface area contributed by atoms with Crippen LogP contribution >= 0.6 is 0 Å². The van der Waals surface area contributed by atoms with Crippen LogP contribution in [0.5, 0.6) is 0 Å². The van der Waals surface area contributed by atoms with Crippen molar-refractivity contribution in [2.45, 2.75) is 59.2 Å². The lowest BCUT2D eigenvalue weighted by Crippen LogP contribution is -2.51. The van der Waals surface area contributed by atoms with E-state index in [0.717, 1.165) is 0 Å². The number of para-hydroxylation sites is 1. The Morgan fingerprint density at radius 2 is 1.85 bits per heavy atom. The predicted molar refractivity (Wildman–Crippen MR) is 146 cm³/mol. The van der Waals surface area contributed by atoms with Gasteiger partial charge in [0.05, 0.1) is 17.7 Å². The molecule has 0 aliphatic carbocycles. The van der Waals surface area contributed by atoms with E-state index >= 15 is 0 Å². The molecule has 0 saturated heterocycles. The summed E-state index contributed by atoms with van der Waals surface area (Å²) in [4.78, 5) is 41.9. The SMILES string of the molecule is CCOC(=O)c1cccc(N(C(=O)Cn2nnc3ccccc32)C(C(=O)NC(C)(C)CC)c2ccc(C)o2)c1. The highest BCUT2D eigenvalue weighted by atomic mass is 16.5. The largest absolute Gasteiger partial charge is 0.464 e. The van der Waals surface area contributed by atoms with E-state index in [0.29, 0.717) is 28.9 Å². The number of hydrogen-bond acceptors (Lipinski definition) is 7. The first-order valence-corrected chi connectivity index (χ1v) is 12.9. The third-order valence-corrected chi connectivity index (χ3v) is 6.49. The fraction of sp³-hybridized carbons (Fsp3) is 0.345. The van der Waals surface area contributed by atoms with Crippen molar-refractivity contribution in [2.75, 3.05) is 11.5 Å². The topological polar surface area (TPSA) is 120 Å². The molecule has 2 aromatic heterocycles. The molecule has 4 rings (SSSR count). The maximum Gasteiger partial charge on any atom is 0.338 e. The van der Waals surface area contributed by atoms with E-state index in [9.17, 15) is 14.4 Å². The van der Waals surface area contributed by atoms with Crippen molar-refractivity contribution >= 4 is 34.5 Å². The third kappa shape index (κ3) is 6.17. The van der Waals surface area contributed by atoms with Gasteiger partial charge < -0.3 is 14.5 Å². The molecule has 0 spiro atoms. The minimum absolute atomic E-state index is 0.202. The quantitative estimate of drug-likeness (QED) is 0.297. The number of carbonyl (C=O) groups is 3. The number of aromatic nitrogens is 3. The van der Waals surface area contributed by atoms with Crippen LogP contribution in [0.3, 0.4) is 0 Å². The third-order valence-electron chi connectivity index (χ3n) is 6.49. The van der Waals surface area contributed by atoms with Gasteiger partial charge in [-0.05, 0) is 76.6 Å². The highest BCUT2D eigenvalue weighted by Gasteiger charge is 2.37. The van der Waals surface area contributed by atoms with Crippen LogP contribution in [0.4, 0.5) is 5.69 Å². The molecule has 4 aromatic rings. The number of hydrogen-bond donors (Lipinski definition) is 1. The molecule has 0 aliphatic rings. The lowest BCUT2D eigenvalue weighted by molar-refractivity contribution is -0.128. The predicted octanol–water partition coefficient (Wildman–Crippen LogP) is 4.59. The lowest BCUT2D eigenvalue weighted by Gasteiger charge is -2.33. The van der Waals surface area contributed by atoms with Gasteiger partial charge in [0.15, 0.2) is 6.04 Å². The number of fused-ring (bicyclic) bond motifs is 1. The summed E-state index contributed by atoms with van der Waals surface area (Å²) in [7, 11) is 0. The smallest absolute Gasteiger partial charge is 0.338 e. The normalized spacial score (nSPS) is 12.2. The molecule has 0 bridgehead atoms. The van der Waals surface area contributed by atoms with Crippen molar-refractivity contribution in [1.29, 1.82) is 0 Å². The summed E-state index contributed by atoms with van der Waals surface area (Å²) in [5.74, 6) is -0.525. The Hall–Kier alpha value is -4.47. The summed E-state index contributed by atoms with van der Waals surface area (Å²) in [5.41, 5.74) is 1.36. The first-order chi connectivity index (χ1) is 18.6. The Morgan fingerprint density at radius 3 is 2.54 bits per heavy atom. The number of benzene rings is 2. The molecule has 2 heterocycles. The van der Waals surface area contributed by atoms with E-state index < -0.39 is 29.4 Å². The van der Waals surface area contributed by atoms with E-state index in [-0.39, 0.29) is 24.5 Å². The monoisotopic (exact) mass is 531 g/mol. The number of nitrogens with one attached hydrogen (secondary N) is 1. The van der Waals surface area contributed by atoms with Crippen molar-refractivity contribution in [3.05, 3.63) is 77.7 Å². The van der Waals surface area contributed by atoms with Gasteiger partial charge in [0.1, 0.15) is 23.6 Å². The van der Waals surface area contributed by atoms with Crippen molar-refractivity contribution in [3.8, 4) is 0 Å². The van der Waals surface area contributed by atoms with Gasteiger partial charge in [-0.15, -0.1) is 5.10 Å². The first-order valence-electron chi connectivity index (χ1n) is 12.9. The van der Waals surface area contributed by atoms with Crippen LogP contribution in [0, 0.1) is 6.92 Å².